The molecule has 1 aromatic carbocycles. The van der Waals surface area contributed by atoms with Gasteiger partial charge in [-0.15, -0.1) is 11.8 Å². The Hall–Kier alpha value is -1.26. The Morgan fingerprint density at radius 1 is 1.37 bits per heavy atom. The van der Waals surface area contributed by atoms with Gasteiger partial charge in [-0.25, -0.2) is 4.98 Å². The molecule has 2 rings (SSSR count). The highest BCUT2D eigenvalue weighted by molar-refractivity contribution is 7.98. The van der Waals surface area contributed by atoms with Crippen molar-refractivity contribution in [2.45, 2.75) is 24.8 Å². The lowest BCUT2D eigenvalue weighted by Gasteiger charge is -2.15. The van der Waals surface area contributed by atoms with Gasteiger partial charge in [0.25, 0.3) is 0 Å². The molecule has 0 saturated heterocycles. The van der Waals surface area contributed by atoms with Gasteiger partial charge in [-0.3, -0.25) is 0 Å². The fourth-order valence-electron chi connectivity index (χ4n) is 2.13. The summed E-state index contributed by atoms with van der Waals surface area (Å²) >= 11 is 1.74. The van der Waals surface area contributed by atoms with Crippen LogP contribution in [0.15, 0.2) is 29.2 Å². The van der Waals surface area contributed by atoms with Gasteiger partial charge in [0.05, 0.1) is 12.1 Å². The summed E-state index contributed by atoms with van der Waals surface area (Å²) in [4.78, 5) is 5.92. The van der Waals surface area contributed by atoms with Gasteiger partial charge >= 0.3 is 0 Å². The second-order valence-electron chi connectivity index (χ2n) is 4.71. The van der Waals surface area contributed by atoms with Crippen LogP contribution in [-0.4, -0.2) is 31.0 Å². The minimum Gasteiger partial charge on any atom is -0.383 e. The third-order valence-electron chi connectivity index (χ3n) is 3.03. The van der Waals surface area contributed by atoms with E-state index in [4.69, 9.17) is 4.74 Å². The molecule has 2 aromatic rings. The minimum absolute atomic E-state index is 0.248. The first-order valence-corrected chi connectivity index (χ1v) is 7.57. The van der Waals surface area contributed by atoms with Crippen molar-refractivity contribution >= 4 is 28.5 Å². The van der Waals surface area contributed by atoms with Crippen LogP contribution < -0.4 is 5.32 Å². The van der Waals surface area contributed by atoms with Crippen LogP contribution in [0.25, 0.3) is 10.9 Å². The number of fused-ring (bicyclic) bond motifs is 1. The Bertz CT molecular complexity index is 571. The van der Waals surface area contributed by atoms with Gasteiger partial charge < -0.3 is 10.1 Å². The zero-order chi connectivity index (χ0) is 13.8. The van der Waals surface area contributed by atoms with Crippen LogP contribution in [-0.2, 0) is 4.74 Å². The topological polar surface area (TPSA) is 34.1 Å². The zero-order valence-electron chi connectivity index (χ0n) is 11.9. The van der Waals surface area contributed by atoms with Crippen LogP contribution in [0.5, 0.6) is 0 Å². The summed E-state index contributed by atoms with van der Waals surface area (Å²) in [6.07, 6.45) is 2.08. The van der Waals surface area contributed by atoms with E-state index in [0.717, 1.165) is 11.3 Å². The molecule has 1 aromatic heterocycles. The number of rotatable bonds is 5. The van der Waals surface area contributed by atoms with Crippen molar-refractivity contribution in [3.63, 3.8) is 0 Å². The summed E-state index contributed by atoms with van der Waals surface area (Å²) in [7, 11) is 1.71. The van der Waals surface area contributed by atoms with E-state index in [2.05, 4.69) is 54.7 Å². The van der Waals surface area contributed by atoms with Crippen LogP contribution in [0.1, 0.15) is 12.5 Å². The first kappa shape index (κ1) is 14.2. The number of aryl methyl sites for hydroxylation is 1. The summed E-state index contributed by atoms with van der Waals surface area (Å²) in [6.45, 7) is 4.88. The average molecular weight is 276 g/mol. The highest BCUT2D eigenvalue weighted by atomic mass is 32.2. The number of nitrogens with one attached hydrogen (secondary N) is 1. The fourth-order valence-corrected chi connectivity index (χ4v) is 2.56. The molecule has 1 heterocycles. The maximum atomic E-state index is 5.14. The van der Waals surface area contributed by atoms with Crippen LogP contribution >= 0.6 is 11.8 Å². The van der Waals surface area contributed by atoms with Gasteiger partial charge in [0.1, 0.15) is 5.82 Å². The molecule has 0 radical (unpaired) electrons. The van der Waals surface area contributed by atoms with E-state index in [1.54, 1.807) is 18.9 Å². The molecule has 0 unspecified atom stereocenters. The predicted molar refractivity (Wildman–Crippen MR) is 83.2 cm³/mol. The third-order valence-corrected chi connectivity index (χ3v) is 3.76. The molecular weight excluding hydrogens is 256 g/mol. The van der Waals surface area contributed by atoms with Crippen molar-refractivity contribution in [3.8, 4) is 0 Å². The lowest BCUT2D eigenvalue weighted by Crippen LogP contribution is -2.21. The Morgan fingerprint density at radius 2 is 2.16 bits per heavy atom. The van der Waals surface area contributed by atoms with Gasteiger partial charge in [0.2, 0.25) is 0 Å². The Kier molecular flexibility index (Phi) is 4.66. The summed E-state index contributed by atoms with van der Waals surface area (Å²) in [5.41, 5.74) is 2.28. The molecule has 1 atom stereocenters. The zero-order valence-corrected chi connectivity index (χ0v) is 12.7. The number of thioether (sulfide) groups is 1. The number of pyridine rings is 1. The lowest BCUT2D eigenvalue weighted by atomic mass is 10.1. The number of benzene rings is 1. The Morgan fingerprint density at radius 3 is 2.84 bits per heavy atom. The standard InChI is InChI=1S/C15H20N2OS/c1-10-7-15(16-11(2)9-18-3)17-14-8-12(19-4)5-6-13(10)14/h5-8,11H,9H2,1-4H3,(H,16,17)/t11-/m0/s1. The van der Waals surface area contributed by atoms with Gasteiger partial charge in [-0.05, 0) is 43.9 Å². The number of nitrogens with zero attached hydrogens (tertiary/aromatic N) is 1. The smallest absolute Gasteiger partial charge is 0.127 e. The summed E-state index contributed by atoms with van der Waals surface area (Å²) in [6, 6.07) is 8.76. The molecule has 102 valence electrons. The lowest BCUT2D eigenvalue weighted by molar-refractivity contribution is 0.190. The Labute approximate surface area is 118 Å². The van der Waals surface area contributed by atoms with E-state index in [-0.39, 0.29) is 6.04 Å². The Balaban J connectivity index is 2.36. The molecule has 3 nitrogen and oxygen atoms in total. The highest BCUT2D eigenvalue weighted by Crippen LogP contribution is 2.25. The molecule has 0 aliphatic rings. The summed E-state index contributed by atoms with van der Waals surface area (Å²) < 4.78 is 5.14. The molecule has 0 aliphatic heterocycles. The van der Waals surface area contributed by atoms with Crippen molar-refractivity contribution in [3.05, 3.63) is 29.8 Å². The molecule has 0 spiro atoms. The number of ether oxygens (including phenoxy) is 1. The van der Waals surface area contributed by atoms with Gasteiger partial charge in [-0.2, -0.15) is 0 Å². The van der Waals surface area contributed by atoms with Crippen LogP contribution in [0.2, 0.25) is 0 Å². The molecule has 0 fully saturated rings. The molecule has 1 N–H and O–H groups in total. The maximum absolute atomic E-state index is 5.14. The number of hydrogen-bond acceptors (Lipinski definition) is 4. The quantitative estimate of drug-likeness (QED) is 0.844. The maximum Gasteiger partial charge on any atom is 0.127 e. The van der Waals surface area contributed by atoms with Crippen molar-refractivity contribution in [2.75, 3.05) is 25.3 Å². The van der Waals surface area contributed by atoms with Crippen molar-refractivity contribution in [2.24, 2.45) is 0 Å². The molecule has 4 heteroatoms. The van der Waals surface area contributed by atoms with E-state index in [9.17, 15) is 0 Å². The van der Waals surface area contributed by atoms with Crippen molar-refractivity contribution in [1.29, 1.82) is 0 Å². The largest absolute Gasteiger partial charge is 0.383 e. The van der Waals surface area contributed by atoms with Crippen LogP contribution in [0, 0.1) is 6.92 Å². The SMILES string of the molecule is COC[C@H](C)Nc1cc(C)c2ccc(SC)cc2n1. The van der Waals surface area contributed by atoms with E-state index in [1.165, 1.54) is 15.8 Å². The van der Waals surface area contributed by atoms with E-state index >= 15 is 0 Å². The molecule has 19 heavy (non-hydrogen) atoms. The first-order valence-electron chi connectivity index (χ1n) is 6.35. The molecule has 0 aliphatic carbocycles. The summed E-state index contributed by atoms with van der Waals surface area (Å²) in [5, 5.41) is 4.58. The number of hydrogen-bond donors (Lipinski definition) is 1. The van der Waals surface area contributed by atoms with E-state index < -0.39 is 0 Å². The van der Waals surface area contributed by atoms with Gasteiger partial charge in [0.15, 0.2) is 0 Å². The van der Waals surface area contributed by atoms with Crippen molar-refractivity contribution < 1.29 is 4.74 Å². The second-order valence-corrected chi connectivity index (χ2v) is 5.59. The molecule has 0 saturated carbocycles. The number of methoxy groups -OCH3 is 1. The third kappa shape index (κ3) is 3.39. The highest BCUT2D eigenvalue weighted by Gasteiger charge is 2.06. The molecule has 0 amide bonds. The minimum atomic E-state index is 0.248. The molecule has 0 bridgehead atoms. The predicted octanol–water partition coefficient (Wildman–Crippen LogP) is 3.71. The number of anilines is 1. The van der Waals surface area contributed by atoms with Gasteiger partial charge in [0, 0.05) is 23.4 Å². The second kappa shape index (κ2) is 6.26. The summed E-state index contributed by atoms with van der Waals surface area (Å²) in [5.74, 6) is 0.910. The average Bonchev–Trinajstić information content (AvgIpc) is 2.38. The first-order chi connectivity index (χ1) is 9.13. The fraction of sp³-hybridized carbons (Fsp3) is 0.400. The monoisotopic (exact) mass is 276 g/mol. The normalized spacial score (nSPS) is 12.6. The van der Waals surface area contributed by atoms with Crippen LogP contribution in [0.4, 0.5) is 5.82 Å². The van der Waals surface area contributed by atoms with Crippen LogP contribution in [0.3, 0.4) is 0 Å². The number of aromatic nitrogens is 1. The molecular formula is C15H20N2OS. The van der Waals surface area contributed by atoms with Crippen molar-refractivity contribution in [1.82, 2.24) is 4.98 Å². The van der Waals surface area contributed by atoms with E-state index in [0.29, 0.717) is 6.61 Å². The van der Waals surface area contributed by atoms with Gasteiger partial charge in [-0.1, -0.05) is 6.07 Å². The van der Waals surface area contributed by atoms with E-state index in [1.807, 2.05) is 0 Å².